The van der Waals surface area contributed by atoms with Crippen molar-refractivity contribution < 1.29 is 27.4 Å². The van der Waals surface area contributed by atoms with Crippen LogP contribution < -0.4 is 10.5 Å². The van der Waals surface area contributed by atoms with E-state index in [1.807, 2.05) is 0 Å². The molecule has 6 nitrogen and oxygen atoms in total. The second-order valence-electron chi connectivity index (χ2n) is 6.56. The Hall–Kier alpha value is -2.13. The lowest BCUT2D eigenvalue weighted by molar-refractivity contribution is -0.138. The number of halogens is 3. The van der Waals surface area contributed by atoms with Crippen LogP contribution in [0.4, 0.5) is 13.2 Å². The zero-order valence-electron chi connectivity index (χ0n) is 15.8. The number of alkyl halides is 3. The number of nitrogens with two attached hydrogens (primary N) is 1. The Balaban J connectivity index is 2.08. The van der Waals surface area contributed by atoms with E-state index in [2.05, 4.69) is 17.1 Å². The molecule has 0 aliphatic rings. The lowest BCUT2D eigenvalue weighted by Crippen LogP contribution is -2.14. The molecule has 1 aromatic carbocycles. The fourth-order valence-corrected chi connectivity index (χ4v) is 2.65. The van der Waals surface area contributed by atoms with E-state index in [9.17, 15) is 13.2 Å². The SMILES string of the molecule is CCCCCCCCOc1ccc(-c2nnc(C(N)CO)o2)cc1C(F)(F)F. The molecular formula is C19H26F3N3O3. The van der Waals surface area contributed by atoms with Gasteiger partial charge in [-0.25, -0.2) is 0 Å². The van der Waals surface area contributed by atoms with Gasteiger partial charge in [-0.2, -0.15) is 13.2 Å². The lowest BCUT2D eigenvalue weighted by Gasteiger charge is -2.14. The van der Waals surface area contributed by atoms with Gasteiger partial charge in [0.1, 0.15) is 11.8 Å². The normalized spacial score (nSPS) is 12.9. The van der Waals surface area contributed by atoms with Gasteiger partial charge in [-0.05, 0) is 24.6 Å². The van der Waals surface area contributed by atoms with E-state index in [1.165, 1.54) is 18.6 Å². The molecule has 0 aliphatic heterocycles. The van der Waals surface area contributed by atoms with Crippen molar-refractivity contribution in [1.82, 2.24) is 10.2 Å². The summed E-state index contributed by atoms with van der Waals surface area (Å²) in [4.78, 5) is 0. The Morgan fingerprint density at radius 3 is 2.54 bits per heavy atom. The van der Waals surface area contributed by atoms with Crippen molar-refractivity contribution in [2.75, 3.05) is 13.2 Å². The molecule has 0 bridgehead atoms. The number of ether oxygens (including phenoxy) is 1. The Kier molecular flexibility index (Phi) is 8.25. The first kappa shape index (κ1) is 22.2. The maximum absolute atomic E-state index is 13.4. The Bertz CT molecular complexity index is 735. The van der Waals surface area contributed by atoms with Gasteiger partial charge in [-0.15, -0.1) is 10.2 Å². The third kappa shape index (κ3) is 6.20. The maximum atomic E-state index is 13.4. The summed E-state index contributed by atoms with van der Waals surface area (Å²) in [5.74, 6) is -0.377. The highest BCUT2D eigenvalue weighted by Crippen LogP contribution is 2.38. The number of nitrogens with zero attached hydrogens (tertiary/aromatic N) is 2. The minimum absolute atomic E-state index is 0.0468. The average Bonchev–Trinajstić information content (AvgIpc) is 3.16. The van der Waals surface area contributed by atoms with E-state index in [-0.39, 0.29) is 29.7 Å². The van der Waals surface area contributed by atoms with Gasteiger partial charge in [0.2, 0.25) is 11.8 Å². The molecule has 28 heavy (non-hydrogen) atoms. The van der Waals surface area contributed by atoms with Crippen LogP contribution in [-0.4, -0.2) is 28.5 Å². The zero-order chi connectivity index (χ0) is 20.6. The third-order valence-corrected chi connectivity index (χ3v) is 4.24. The largest absolute Gasteiger partial charge is 0.493 e. The maximum Gasteiger partial charge on any atom is 0.419 e. The topological polar surface area (TPSA) is 94.4 Å². The summed E-state index contributed by atoms with van der Waals surface area (Å²) in [6.45, 7) is 1.94. The van der Waals surface area contributed by atoms with Crippen LogP contribution in [0.5, 0.6) is 5.75 Å². The van der Waals surface area contributed by atoms with Gasteiger partial charge in [0.15, 0.2) is 0 Å². The highest BCUT2D eigenvalue weighted by molar-refractivity contribution is 5.57. The summed E-state index contributed by atoms with van der Waals surface area (Å²) in [5, 5.41) is 16.4. The van der Waals surface area contributed by atoms with Crippen molar-refractivity contribution in [1.29, 1.82) is 0 Å². The molecule has 0 amide bonds. The van der Waals surface area contributed by atoms with Crippen LogP contribution in [0.1, 0.15) is 62.9 Å². The Morgan fingerprint density at radius 1 is 1.14 bits per heavy atom. The standard InChI is InChI=1S/C19H26F3N3O3/c1-2-3-4-5-6-7-10-27-16-9-8-13(11-14(16)19(20,21)22)17-24-25-18(28-17)15(23)12-26/h8-9,11,15,26H,2-7,10,12,23H2,1H3. The van der Waals surface area contributed by atoms with Gasteiger partial charge in [0.25, 0.3) is 0 Å². The van der Waals surface area contributed by atoms with E-state index in [0.29, 0.717) is 6.42 Å². The highest BCUT2D eigenvalue weighted by atomic mass is 19.4. The van der Waals surface area contributed by atoms with Crippen molar-refractivity contribution in [2.45, 2.75) is 57.7 Å². The van der Waals surface area contributed by atoms with Crippen LogP contribution in [0.3, 0.4) is 0 Å². The van der Waals surface area contributed by atoms with Crippen molar-refractivity contribution in [2.24, 2.45) is 5.73 Å². The monoisotopic (exact) mass is 401 g/mol. The minimum atomic E-state index is -4.59. The average molecular weight is 401 g/mol. The summed E-state index contributed by atoms with van der Waals surface area (Å²) in [7, 11) is 0. The summed E-state index contributed by atoms with van der Waals surface area (Å²) in [5.41, 5.74) is 4.77. The molecule has 0 fully saturated rings. The second kappa shape index (κ2) is 10.4. The Morgan fingerprint density at radius 2 is 1.86 bits per heavy atom. The predicted octanol–water partition coefficient (Wildman–Crippen LogP) is 4.49. The van der Waals surface area contributed by atoms with E-state index in [1.54, 1.807) is 0 Å². The predicted molar refractivity (Wildman–Crippen MR) is 97.6 cm³/mol. The number of rotatable bonds is 11. The summed E-state index contributed by atoms with van der Waals surface area (Å²) >= 11 is 0. The number of aromatic nitrogens is 2. The molecule has 1 unspecified atom stereocenters. The van der Waals surface area contributed by atoms with Crippen LogP contribution in [0.15, 0.2) is 22.6 Å². The van der Waals surface area contributed by atoms with E-state index in [4.69, 9.17) is 20.0 Å². The van der Waals surface area contributed by atoms with Gasteiger partial charge in [-0.1, -0.05) is 39.0 Å². The number of aliphatic hydroxyl groups excluding tert-OH is 1. The molecule has 0 aliphatic carbocycles. The molecule has 2 aromatic rings. The molecule has 0 spiro atoms. The molecule has 1 aromatic heterocycles. The van der Waals surface area contributed by atoms with Crippen molar-refractivity contribution in [3.05, 3.63) is 29.7 Å². The number of unbranched alkanes of at least 4 members (excludes halogenated alkanes) is 5. The number of benzene rings is 1. The fraction of sp³-hybridized carbons (Fsp3) is 0.579. The quantitative estimate of drug-likeness (QED) is 0.539. The van der Waals surface area contributed by atoms with Crippen LogP contribution in [0.25, 0.3) is 11.5 Å². The number of hydrogen-bond donors (Lipinski definition) is 2. The summed E-state index contributed by atoms with van der Waals surface area (Å²) in [6, 6.07) is 2.71. The summed E-state index contributed by atoms with van der Waals surface area (Å²) in [6.07, 6.45) is 1.54. The number of aliphatic hydroxyl groups is 1. The molecule has 0 saturated carbocycles. The molecule has 2 rings (SSSR count). The molecular weight excluding hydrogens is 375 g/mol. The first-order valence-corrected chi connectivity index (χ1v) is 9.41. The zero-order valence-corrected chi connectivity index (χ0v) is 15.8. The summed E-state index contributed by atoms with van der Waals surface area (Å²) < 4.78 is 51.0. The number of hydrogen-bond acceptors (Lipinski definition) is 6. The van der Waals surface area contributed by atoms with E-state index < -0.39 is 24.4 Å². The molecule has 156 valence electrons. The van der Waals surface area contributed by atoms with Gasteiger partial charge < -0.3 is 20.0 Å². The minimum Gasteiger partial charge on any atom is -0.493 e. The molecule has 1 heterocycles. The lowest BCUT2D eigenvalue weighted by atomic mass is 10.1. The van der Waals surface area contributed by atoms with Gasteiger partial charge in [-0.3, -0.25) is 0 Å². The van der Waals surface area contributed by atoms with Gasteiger partial charge >= 0.3 is 6.18 Å². The van der Waals surface area contributed by atoms with Crippen LogP contribution >= 0.6 is 0 Å². The highest BCUT2D eigenvalue weighted by Gasteiger charge is 2.35. The molecule has 9 heteroatoms. The fourth-order valence-electron chi connectivity index (χ4n) is 2.65. The van der Waals surface area contributed by atoms with E-state index in [0.717, 1.165) is 31.7 Å². The van der Waals surface area contributed by atoms with Crippen molar-refractivity contribution in [3.63, 3.8) is 0 Å². The molecule has 1 atom stereocenters. The first-order valence-electron chi connectivity index (χ1n) is 9.41. The van der Waals surface area contributed by atoms with Gasteiger partial charge in [0.05, 0.1) is 18.8 Å². The molecule has 3 N–H and O–H groups in total. The second-order valence-corrected chi connectivity index (χ2v) is 6.56. The smallest absolute Gasteiger partial charge is 0.419 e. The first-order chi connectivity index (χ1) is 13.4. The van der Waals surface area contributed by atoms with Crippen LogP contribution in [-0.2, 0) is 6.18 Å². The Labute approximate surface area is 161 Å². The molecule has 0 radical (unpaired) electrons. The van der Waals surface area contributed by atoms with Crippen molar-refractivity contribution in [3.8, 4) is 17.2 Å². The van der Waals surface area contributed by atoms with Crippen molar-refractivity contribution >= 4 is 0 Å². The van der Waals surface area contributed by atoms with E-state index >= 15 is 0 Å². The van der Waals surface area contributed by atoms with Crippen LogP contribution in [0, 0.1) is 0 Å². The third-order valence-electron chi connectivity index (χ3n) is 4.24. The van der Waals surface area contributed by atoms with Gasteiger partial charge in [0, 0.05) is 5.56 Å². The molecule has 0 saturated heterocycles. The van der Waals surface area contributed by atoms with Crippen LogP contribution in [0.2, 0.25) is 0 Å².